The summed E-state index contributed by atoms with van der Waals surface area (Å²) in [5.41, 5.74) is 0.310. The topological polar surface area (TPSA) is 71.0 Å². The van der Waals surface area contributed by atoms with E-state index >= 15 is 0 Å². The van der Waals surface area contributed by atoms with Crippen molar-refractivity contribution in [3.63, 3.8) is 0 Å². The van der Waals surface area contributed by atoms with Crippen molar-refractivity contribution < 1.29 is 32.5 Å². The van der Waals surface area contributed by atoms with Crippen LogP contribution in [0.4, 0.5) is 18.9 Å². The number of hydrogen-bond donors (Lipinski definition) is 2. The third-order valence-corrected chi connectivity index (χ3v) is 3.63. The molecule has 6 nitrogen and oxygen atoms in total. The van der Waals surface area contributed by atoms with E-state index in [0.29, 0.717) is 23.0 Å². The number of nitrogens with zero attached hydrogens (tertiary/aromatic N) is 1. The van der Waals surface area contributed by atoms with Crippen molar-refractivity contribution in [2.75, 3.05) is 25.1 Å². The van der Waals surface area contributed by atoms with Gasteiger partial charge in [0.15, 0.2) is 0 Å². The SMILES string of the molecule is C=C(Cl)CN1C=C(CC(=O)Nc2ccc(OC(F)(F)F)cc2)OCC1CO. The predicted molar refractivity (Wildman–Crippen MR) is 93.0 cm³/mol. The molecule has 1 heterocycles. The highest BCUT2D eigenvalue weighted by Crippen LogP contribution is 2.24. The van der Waals surface area contributed by atoms with Gasteiger partial charge in [-0.1, -0.05) is 18.2 Å². The van der Waals surface area contributed by atoms with Gasteiger partial charge in [0.2, 0.25) is 5.91 Å². The van der Waals surface area contributed by atoms with Gasteiger partial charge in [0, 0.05) is 16.9 Å². The molecule has 1 aliphatic heterocycles. The molecule has 10 heteroatoms. The van der Waals surface area contributed by atoms with Crippen molar-refractivity contribution in [1.82, 2.24) is 4.90 Å². The molecule has 0 saturated heterocycles. The van der Waals surface area contributed by atoms with Crippen LogP contribution in [0, 0.1) is 0 Å². The molecule has 0 saturated carbocycles. The number of aliphatic hydroxyl groups excluding tert-OH is 1. The number of carbonyl (C=O) groups excluding carboxylic acids is 1. The lowest BCUT2D eigenvalue weighted by Gasteiger charge is -2.34. The van der Waals surface area contributed by atoms with Gasteiger partial charge in [0.05, 0.1) is 25.6 Å². The average molecular weight is 407 g/mol. The van der Waals surface area contributed by atoms with Crippen molar-refractivity contribution in [2.45, 2.75) is 18.8 Å². The molecule has 1 unspecified atom stereocenters. The number of carbonyl (C=O) groups is 1. The Morgan fingerprint density at radius 3 is 2.63 bits per heavy atom. The maximum atomic E-state index is 12.1. The van der Waals surface area contributed by atoms with Crippen LogP contribution in [0.2, 0.25) is 0 Å². The third-order valence-electron chi connectivity index (χ3n) is 3.51. The summed E-state index contributed by atoms with van der Waals surface area (Å²) in [4.78, 5) is 13.8. The van der Waals surface area contributed by atoms with Crippen molar-refractivity contribution >= 4 is 23.2 Å². The fraction of sp³-hybridized carbons (Fsp3) is 0.353. The Balaban J connectivity index is 1.94. The van der Waals surface area contributed by atoms with E-state index in [1.54, 1.807) is 11.1 Å². The molecule has 1 aromatic rings. The zero-order valence-corrected chi connectivity index (χ0v) is 14.9. The first-order valence-corrected chi connectivity index (χ1v) is 8.23. The van der Waals surface area contributed by atoms with E-state index < -0.39 is 12.3 Å². The maximum absolute atomic E-state index is 12.1. The highest BCUT2D eigenvalue weighted by atomic mass is 35.5. The molecule has 1 amide bonds. The third kappa shape index (κ3) is 7.03. The van der Waals surface area contributed by atoms with Crippen molar-refractivity contribution in [2.24, 2.45) is 0 Å². The molecule has 0 spiro atoms. The molecule has 0 radical (unpaired) electrons. The van der Waals surface area contributed by atoms with E-state index in [2.05, 4.69) is 16.6 Å². The molecule has 148 valence electrons. The van der Waals surface area contributed by atoms with Gasteiger partial charge in [-0.25, -0.2) is 0 Å². The van der Waals surface area contributed by atoms with Gasteiger partial charge in [-0.05, 0) is 24.3 Å². The molecule has 1 aliphatic rings. The summed E-state index contributed by atoms with van der Waals surface area (Å²) in [5, 5.41) is 12.3. The Labute approximate surface area is 158 Å². The van der Waals surface area contributed by atoms with Gasteiger partial charge < -0.3 is 24.8 Å². The lowest BCUT2D eigenvalue weighted by atomic mass is 10.2. The van der Waals surface area contributed by atoms with E-state index in [0.717, 1.165) is 12.1 Å². The highest BCUT2D eigenvalue weighted by molar-refractivity contribution is 6.29. The second-order valence-electron chi connectivity index (χ2n) is 5.73. The van der Waals surface area contributed by atoms with Crippen LogP contribution in [0.1, 0.15) is 6.42 Å². The molecular weight excluding hydrogens is 389 g/mol. The molecule has 27 heavy (non-hydrogen) atoms. The Morgan fingerprint density at radius 1 is 1.41 bits per heavy atom. The Hall–Kier alpha value is -2.39. The van der Waals surface area contributed by atoms with E-state index in [1.165, 1.54) is 12.1 Å². The monoisotopic (exact) mass is 406 g/mol. The maximum Gasteiger partial charge on any atom is 0.573 e. The second-order valence-corrected chi connectivity index (χ2v) is 6.26. The first kappa shape index (κ1) is 20.9. The van der Waals surface area contributed by atoms with Gasteiger partial charge in [-0.3, -0.25) is 4.79 Å². The smallest absolute Gasteiger partial charge is 0.494 e. The largest absolute Gasteiger partial charge is 0.573 e. The number of halogens is 4. The number of alkyl halides is 3. The minimum atomic E-state index is -4.78. The summed E-state index contributed by atoms with van der Waals surface area (Å²) in [6, 6.07) is 4.48. The number of hydrogen-bond acceptors (Lipinski definition) is 5. The fourth-order valence-corrected chi connectivity index (χ4v) is 2.50. The Kier molecular flexibility index (Phi) is 6.98. The lowest BCUT2D eigenvalue weighted by Crippen LogP contribution is -2.41. The van der Waals surface area contributed by atoms with Crippen LogP contribution in [0.25, 0.3) is 0 Å². The summed E-state index contributed by atoms with van der Waals surface area (Å²) in [7, 11) is 0. The molecule has 1 atom stereocenters. The molecule has 0 fully saturated rings. The minimum absolute atomic E-state index is 0.0930. The quantitative estimate of drug-likeness (QED) is 0.727. The van der Waals surface area contributed by atoms with E-state index in [1.807, 2.05) is 0 Å². The number of aliphatic hydroxyl groups is 1. The summed E-state index contributed by atoms with van der Waals surface area (Å²) >= 11 is 5.80. The van der Waals surface area contributed by atoms with E-state index in [4.69, 9.17) is 16.3 Å². The predicted octanol–water partition coefficient (Wildman–Crippen LogP) is 3.20. The van der Waals surface area contributed by atoms with Gasteiger partial charge in [0.25, 0.3) is 0 Å². The highest BCUT2D eigenvalue weighted by Gasteiger charge is 2.31. The summed E-state index contributed by atoms with van der Waals surface area (Å²) in [6.45, 7) is 3.93. The van der Waals surface area contributed by atoms with Crippen LogP contribution < -0.4 is 10.1 Å². The standard InChI is InChI=1S/C17H18ClF3N2O4/c1-11(18)7-23-8-15(26-10-13(23)9-24)6-16(25)22-12-2-4-14(5-3-12)27-17(19,20)21/h2-5,8,13,24H,1,6-7,9-10H2,(H,22,25). The Bertz CT molecular complexity index is 707. The molecule has 0 bridgehead atoms. The zero-order valence-electron chi connectivity index (χ0n) is 14.1. The molecule has 2 N–H and O–H groups in total. The average Bonchev–Trinajstić information content (AvgIpc) is 2.55. The van der Waals surface area contributed by atoms with Crippen molar-refractivity contribution in [3.05, 3.63) is 47.8 Å². The molecule has 1 aromatic carbocycles. The first-order chi connectivity index (χ1) is 12.7. The summed E-state index contributed by atoms with van der Waals surface area (Å²) in [6.07, 6.45) is -3.29. The van der Waals surface area contributed by atoms with E-state index in [-0.39, 0.29) is 31.4 Å². The minimum Gasteiger partial charge on any atom is -0.494 e. The van der Waals surface area contributed by atoms with Crippen LogP contribution in [0.3, 0.4) is 0 Å². The molecular formula is C17H18ClF3N2O4. The lowest BCUT2D eigenvalue weighted by molar-refractivity contribution is -0.274. The van der Waals surface area contributed by atoms with Crippen LogP contribution >= 0.6 is 11.6 Å². The van der Waals surface area contributed by atoms with Crippen molar-refractivity contribution in [1.29, 1.82) is 0 Å². The van der Waals surface area contributed by atoms with Gasteiger partial charge >= 0.3 is 6.36 Å². The summed E-state index contributed by atoms with van der Waals surface area (Å²) < 4.78 is 45.6. The van der Waals surface area contributed by atoms with Crippen molar-refractivity contribution in [3.8, 4) is 5.75 Å². The number of ether oxygens (including phenoxy) is 2. The van der Waals surface area contributed by atoms with Gasteiger partial charge in [-0.2, -0.15) is 0 Å². The Morgan fingerprint density at radius 2 is 2.07 bits per heavy atom. The van der Waals surface area contributed by atoms with Crippen LogP contribution in [0.15, 0.2) is 47.8 Å². The molecule has 0 aromatic heterocycles. The summed E-state index contributed by atoms with van der Waals surface area (Å²) in [5.74, 6) is -0.434. The van der Waals surface area contributed by atoms with Gasteiger partial charge in [0.1, 0.15) is 18.1 Å². The van der Waals surface area contributed by atoms with Crippen LogP contribution in [0.5, 0.6) is 5.75 Å². The number of benzene rings is 1. The number of nitrogens with one attached hydrogen (secondary N) is 1. The molecule has 0 aliphatic carbocycles. The normalized spacial score (nSPS) is 17.0. The number of rotatable bonds is 7. The van der Waals surface area contributed by atoms with Crippen LogP contribution in [-0.2, 0) is 9.53 Å². The fourth-order valence-electron chi connectivity index (χ4n) is 2.36. The zero-order chi connectivity index (χ0) is 20.0. The van der Waals surface area contributed by atoms with Crippen LogP contribution in [-0.4, -0.2) is 48.1 Å². The van der Waals surface area contributed by atoms with E-state index in [9.17, 15) is 23.1 Å². The number of amides is 1. The second kappa shape index (κ2) is 9.01. The number of anilines is 1. The van der Waals surface area contributed by atoms with Gasteiger partial charge in [-0.15, -0.1) is 13.2 Å². The molecule has 2 rings (SSSR count). The first-order valence-electron chi connectivity index (χ1n) is 7.85.